The van der Waals surface area contributed by atoms with Crippen LogP contribution in [-0.4, -0.2) is 27.6 Å². The fraction of sp³-hybridized carbons (Fsp3) is 0.200. The van der Waals surface area contributed by atoms with E-state index < -0.39 is 0 Å². The molecule has 0 radical (unpaired) electrons. The van der Waals surface area contributed by atoms with Crippen molar-refractivity contribution >= 4 is 17.5 Å². The van der Waals surface area contributed by atoms with E-state index in [-0.39, 0.29) is 5.91 Å². The van der Waals surface area contributed by atoms with Crippen molar-refractivity contribution in [3.63, 3.8) is 0 Å². The molecule has 0 atom stereocenters. The van der Waals surface area contributed by atoms with Crippen molar-refractivity contribution in [1.29, 1.82) is 0 Å². The minimum absolute atomic E-state index is 0.0475. The highest BCUT2D eigenvalue weighted by Gasteiger charge is 2.15. The molecule has 5 heteroatoms. The van der Waals surface area contributed by atoms with Crippen molar-refractivity contribution in [2.45, 2.75) is 20.0 Å². The van der Waals surface area contributed by atoms with Gasteiger partial charge in [-0.2, -0.15) is 5.10 Å². The topological polar surface area (TPSA) is 38.1 Å². The molecule has 0 fully saturated rings. The van der Waals surface area contributed by atoms with Crippen LogP contribution >= 0.6 is 11.6 Å². The van der Waals surface area contributed by atoms with E-state index >= 15 is 0 Å². The van der Waals surface area contributed by atoms with Crippen LogP contribution in [0, 0.1) is 6.92 Å². The number of benzene rings is 2. The van der Waals surface area contributed by atoms with E-state index in [1.807, 2.05) is 42.5 Å². The van der Waals surface area contributed by atoms with Gasteiger partial charge in [0.25, 0.3) is 5.91 Å². The summed E-state index contributed by atoms with van der Waals surface area (Å²) in [6.45, 7) is 3.16. The lowest BCUT2D eigenvalue weighted by atomic mass is 10.1. The number of hydrogen-bond donors (Lipinski definition) is 0. The molecule has 0 saturated carbocycles. The summed E-state index contributed by atoms with van der Waals surface area (Å²) in [4.78, 5) is 14.3. The van der Waals surface area contributed by atoms with Gasteiger partial charge < -0.3 is 4.90 Å². The van der Waals surface area contributed by atoms with Gasteiger partial charge in [0.15, 0.2) is 0 Å². The average Bonchev–Trinajstić information content (AvgIpc) is 3.07. The van der Waals surface area contributed by atoms with Gasteiger partial charge in [-0.15, -0.1) is 0 Å². The lowest BCUT2D eigenvalue weighted by molar-refractivity contribution is 0.0785. The van der Waals surface area contributed by atoms with Crippen LogP contribution in [0.3, 0.4) is 0 Å². The van der Waals surface area contributed by atoms with Crippen LogP contribution in [0.15, 0.2) is 60.9 Å². The standard InChI is InChI=1S/C20H20ClN3O/c1-15-7-3-4-8-16(15)12-23(2)20(25)18-11-22-24(14-18)13-17-9-5-6-10-19(17)21/h3-11,14H,12-13H2,1-2H3. The third kappa shape index (κ3) is 4.09. The van der Waals surface area contributed by atoms with Crippen LogP contribution in [0.1, 0.15) is 27.0 Å². The predicted molar refractivity (Wildman–Crippen MR) is 99.8 cm³/mol. The fourth-order valence-electron chi connectivity index (χ4n) is 2.70. The first-order valence-electron chi connectivity index (χ1n) is 8.10. The Hall–Kier alpha value is -2.59. The van der Waals surface area contributed by atoms with Gasteiger partial charge >= 0.3 is 0 Å². The lowest BCUT2D eigenvalue weighted by Crippen LogP contribution is -2.26. The zero-order chi connectivity index (χ0) is 17.8. The molecule has 4 nitrogen and oxygen atoms in total. The van der Waals surface area contributed by atoms with Crippen molar-refractivity contribution in [2.24, 2.45) is 0 Å². The van der Waals surface area contributed by atoms with Gasteiger partial charge in [-0.3, -0.25) is 9.48 Å². The number of halogens is 1. The number of rotatable bonds is 5. The number of amides is 1. The Kier molecular flexibility index (Phi) is 5.19. The van der Waals surface area contributed by atoms with Gasteiger partial charge in [0, 0.05) is 24.8 Å². The number of aromatic nitrogens is 2. The molecule has 25 heavy (non-hydrogen) atoms. The number of hydrogen-bond acceptors (Lipinski definition) is 2. The summed E-state index contributed by atoms with van der Waals surface area (Å²) < 4.78 is 1.73. The molecule has 128 valence electrons. The highest BCUT2D eigenvalue weighted by molar-refractivity contribution is 6.31. The Morgan fingerprint density at radius 1 is 1.12 bits per heavy atom. The van der Waals surface area contributed by atoms with E-state index in [0.29, 0.717) is 23.7 Å². The quantitative estimate of drug-likeness (QED) is 0.690. The summed E-state index contributed by atoms with van der Waals surface area (Å²) in [7, 11) is 1.81. The molecule has 1 aromatic heterocycles. The molecule has 0 aliphatic heterocycles. The number of nitrogens with zero attached hydrogens (tertiary/aromatic N) is 3. The van der Waals surface area contributed by atoms with Gasteiger partial charge in [-0.25, -0.2) is 0 Å². The minimum atomic E-state index is -0.0475. The maximum absolute atomic E-state index is 12.6. The van der Waals surface area contributed by atoms with Crippen molar-refractivity contribution in [3.8, 4) is 0 Å². The first kappa shape index (κ1) is 17.2. The molecule has 0 unspecified atom stereocenters. The second-order valence-electron chi connectivity index (χ2n) is 6.11. The SMILES string of the molecule is Cc1ccccc1CN(C)C(=O)c1cnn(Cc2ccccc2Cl)c1. The maximum Gasteiger partial charge on any atom is 0.257 e. The maximum atomic E-state index is 12.6. The second-order valence-corrected chi connectivity index (χ2v) is 6.51. The first-order chi connectivity index (χ1) is 12.0. The molecular formula is C20H20ClN3O. The van der Waals surface area contributed by atoms with Gasteiger partial charge in [0.2, 0.25) is 0 Å². The summed E-state index contributed by atoms with van der Waals surface area (Å²) in [5.74, 6) is -0.0475. The van der Waals surface area contributed by atoms with Gasteiger partial charge in [-0.05, 0) is 29.7 Å². The molecule has 0 saturated heterocycles. The zero-order valence-corrected chi connectivity index (χ0v) is 15.1. The van der Waals surface area contributed by atoms with Crippen molar-refractivity contribution in [1.82, 2.24) is 14.7 Å². The normalized spacial score (nSPS) is 10.7. The number of carbonyl (C=O) groups is 1. The molecule has 3 rings (SSSR count). The van der Waals surface area contributed by atoms with Gasteiger partial charge in [0.1, 0.15) is 0 Å². The molecule has 2 aromatic carbocycles. The van der Waals surface area contributed by atoms with E-state index in [1.54, 1.807) is 29.0 Å². The molecule has 0 N–H and O–H groups in total. The Morgan fingerprint density at radius 2 is 1.80 bits per heavy atom. The Morgan fingerprint density at radius 3 is 2.52 bits per heavy atom. The molecule has 0 aliphatic rings. The smallest absolute Gasteiger partial charge is 0.257 e. The second kappa shape index (κ2) is 7.53. The summed E-state index contributed by atoms with van der Waals surface area (Å²) in [6, 6.07) is 15.7. The van der Waals surface area contributed by atoms with E-state index in [9.17, 15) is 4.79 Å². The lowest BCUT2D eigenvalue weighted by Gasteiger charge is -2.17. The largest absolute Gasteiger partial charge is 0.337 e. The Bertz CT molecular complexity index is 888. The number of aryl methyl sites for hydroxylation is 1. The first-order valence-corrected chi connectivity index (χ1v) is 8.48. The van der Waals surface area contributed by atoms with E-state index in [4.69, 9.17) is 11.6 Å². The molecule has 3 aromatic rings. The van der Waals surface area contributed by atoms with Gasteiger partial charge in [-0.1, -0.05) is 54.1 Å². The zero-order valence-electron chi connectivity index (χ0n) is 14.3. The molecule has 0 aliphatic carbocycles. The Balaban J connectivity index is 1.70. The van der Waals surface area contributed by atoms with E-state index in [1.165, 1.54) is 5.56 Å². The van der Waals surface area contributed by atoms with Crippen LogP contribution < -0.4 is 0 Å². The average molecular weight is 354 g/mol. The van der Waals surface area contributed by atoms with Crippen molar-refractivity contribution in [3.05, 3.63) is 88.2 Å². The van der Waals surface area contributed by atoms with Crippen LogP contribution in [0.2, 0.25) is 5.02 Å². The van der Waals surface area contributed by atoms with Crippen molar-refractivity contribution in [2.75, 3.05) is 7.05 Å². The third-order valence-corrected chi connectivity index (χ3v) is 4.55. The summed E-state index contributed by atoms with van der Waals surface area (Å²) in [5, 5.41) is 4.99. The highest BCUT2D eigenvalue weighted by Crippen LogP contribution is 2.17. The molecular weight excluding hydrogens is 334 g/mol. The van der Waals surface area contributed by atoms with Crippen molar-refractivity contribution < 1.29 is 4.79 Å². The third-order valence-electron chi connectivity index (χ3n) is 4.19. The van der Waals surface area contributed by atoms with E-state index in [0.717, 1.165) is 11.1 Å². The van der Waals surface area contributed by atoms with Crippen LogP contribution in [0.4, 0.5) is 0 Å². The molecule has 0 bridgehead atoms. The highest BCUT2D eigenvalue weighted by atomic mass is 35.5. The summed E-state index contributed by atoms with van der Waals surface area (Å²) >= 11 is 6.18. The van der Waals surface area contributed by atoms with Crippen LogP contribution in [0.25, 0.3) is 0 Å². The molecule has 0 spiro atoms. The van der Waals surface area contributed by atoms with Gasteiger partial charge in [0.05, 0.1) is 18.3 Å². The summed E-state index contributed by atoms with van der Waals surface area (Å²) in [5.41, 5.74) is 3.86. The van der Waals surface area contributed by atoms with Crippen LogP contribution in [0.5, 0.6) is 0 Å². The number of carbonyl (C=O) groups excluding carboxylic acids is 1. The monoisotopic (exact) mass is 353 g/mol. The predicted octanol–water partition coefficient (Wildman–Crippen LogP) is 4.17. The minimum Gasteiger partial charge on any atom is -0.337 e. The van der Waals surface area contributed by atoms with Crippen LogP contribution in [-0.2, 0) is 13.1 Å². The van der Waals surface area contributed by atoms with E-state index in [2.05, 4.69) is 18.1 Å². The molecule has 1 heterocycles. The molecule has 1 amide bonds. The fourth-order valence-corrected chi connectivity index (χ4v) is 2.89. The summed E-state index contributed by atoms with van der Waals surface area (Å²) in [6.07, 6.45) is 3.37. The Labute approximate surface area is 152 Å².